The molecule has 0 rings (SSSR count). The van der Waals surface area contributed by atoms with Crippen molar-refractivity contribution < 1.29 is 15.7 Å². The number of ether oxygens (including phenoxy) is 1. The van der Waals surface area contributed by atoms with E-state index in [0.717, 1.165) is 0 Å². The van der Waals surface area contributed by atoms with Gasteiger partial charge in [-0.05, 0) is 7.05 Å². The molecule has 1 atom stereocenters. The fourth-order valence-electron chi connectivity index (χ4n) is 0.971. The summed E-state index contributed by atoms with van der Waals surface area (Å²) in [5, 5.41) is 5.36. The number of hydrogen-bond donors (Lipinski definition) is 2. The second kappa shape index (κ2) is 8.23. The quantitative estimate of drug-likeness (QED) is 0.586. The molecule has 0 spiro atoms. The van der Waals surface area contributed by atoms with Crippen LogP contribution in [0.15, 0.2) is 0 Å². The summed E-state index contributed by atoms with van der Waals surface area (Å²) < 4.78 is 12.2. The average Bonchev–Trinajstić information content (AvgIpc) is 2.31. The second-order valence-electron chi connectivity index (χ2n) is 3.28. The van der Waals surface area contributed by atoms with E-state index in [0.29, 0.717) is 6.54 Å². The van der Waals surface area contributed by atoms with Gasteiger partial charge in [-0.15, -0.1) is 0 Å². The molecule has 0 saturated carbocycles. The number of carbonyl (C=O) groups is 2. The lowest BCUT2D eigenvalue weighted by molar-refractivity contribution is -0.146. The largest absolute Gasteiger partial charge is 0.465 e. The van der Waals surface area contributed by atoms with Gasteiger partial charge in [0, 0.05) is 27.3 Å². The smallest absolute Gasteiger partial charge is 0.306 e. The summed E-state index contributed by atoms with van der Waals surface area (Å²) in [4.78, 5) is 22.1. The Kier molecular flexibility index (Phi) is 6.57. The van der Waals surface area contributed by atoms with Crippen LogP contribution in [0.2, 0.25) is 0 Å². The Morgan fingerprint density at radius 2 is 2.13 bits per heavy atom. The third kappa shape index (κ3) is 7.93. The van der Waals surface area contributed by atoms with Crippen molar-refractivity contribution in [2.75, 3.05) is 27.2 Å². The maximum Gasteiger partial charge on any atom is 0.306 e. The predicted octanol–water partition coefficient (Wildman–Crippen LogP) is -0.0887. The first kappa shape index (κ1) is 12.0. The second-order valence-corrected chi connectivity index (χ2v) is 3.28. The Balaban J connectivity index is 3.66. The first-order valence-corrected chi connectivity index (χ1v) is 4.94. The third-order valence-corrected chi connectivity index (χ3v) is 1.81. The van der Waals surface area contributed by atoms with E-state index in [9.17, 15) is 9.59 Å². The Morgan fingerprint density at radius 1 is 1.40 bits per heavy atom. The van der Waals surface area contributed by atoms with Crippen LogP contribution in [-0.2, 0) is 14.3 Å². The SMILES string of the molecule is [3H]CC(CNC)COC(=O)CCC(=O)NC. The molecule has 2 N–H and O–H groups in total. The molecule has 5 heteroatoms. The van der Waals surface area contributed by atoms with Crippen LogP contribution in [0, 0.1) is 5.92 Å². The summed E-state index contributed by atoms with van der Waals surface area (Å²) in [7, 11) is 3.31. The molecule has 0 heterocycles. The van der Waals surface area contributed by atoms with Crippen molar-refractivity contribution in [3.8, 4) is 0 Å². The maximum atomic E-state index is 11.2. The molecule has 0 aliphatic carbocycles. The van der Waals surface area contributed by atoms with Crippen molar-refractivity contribution in [3.63, 3.8) is 0 Å². The predicted molar refractivity (Wildman–Crippen MR) is 57.4 cm³/mol. The van der Waals surface area contributed by atoms with Crippen molar-refractivity contribution in [1.82, 2.24) is 10.6 Å². The number of carbonyl (C=O) groups excluding carboxylic acids is 2. The lowest BCUT2D eigenvalue weighted by atomic mass is 10.2. The first-order chi connectivity index (χ1) is 7.63. The number of amides is 1. The van der Waals surface area contributed by atoms with E-state index in [1.807, 2.05) is 0 Å². The van der Waals surface area contributed by atoms with Gasteiger partial charge in [0.15, 0.2) is 0 Å². The Bertz CT molecular complexity index is 224. The molecule has 88 valence electrons. The van der Waals surface area contributed by atoms with Gasteiger partial charge in [0.1, 0.15) is 0 Å². The monoisotopic (exact) mass is 218 g/mol. The minimum Gasteiger partial charge on any atom is -0.465 e. The highest BCUT2D eigenvalue weighted by Gasteiger charge is 2.08. The molecule has 0 aliphatic rings. The van der Waals surface area contributed by atoms with Gasteiger partial charge in [-0.1, -0.05) is 6.90 Å². The van der Waals surface area contributed by atoms with Gasteiger partial charge in [-0.3, -0.25) is 9.59 Å². The molecule has 5 nitrogen and oxygen atoms in total. The summed E-state index contributed by atoms with van der Waals surface area (Å²) >= 11 is 0. The van der Waals surface area contributed by atoms with Crippen molar-refractivity contribution >= 4 is 11.9 Å². The van der Waals surface area contributed by atoms with Crippen LogP contribution in [-0.4, -0.2) is 39.1 Å². The number of esters is 1. The molecule has 0 aromatic rings. The molecule has 1 unspecified atom stereocenters. The van der Waals surface area contributed by atoms with E-state index in [1.54, 1.807) is 7.05 Å². The van der Waals surface area contributed by atoms with Crippen LogP contribution in [0.1, 0.15) is 21.1 Å². The van der Waals surface area contributed by atoms with Crippen LogP contribution >= 0.6 is 0 Å². The van der Waals surface area contributed by atoms with Gasteiger partial charge in [0.2, 0.25) is 5.91 Å². The van der Waals surface area contributed by atoms with E-state index in [4.69, 9.17) is 6.11 Å². The van der Waals surface area contributed by atoms with Crippen molar-refractivity contribution in [3.05, 3.63) is 0 Å². The van der Waals surface area contributed by atoms with Gasteiger partial charge in [0.25, 0.3) is 0 Å². The molecule has 0 aliphatic heterocycles. The van der Waals surface area contributed by atoms with Gasteiger partial charge in [0.05, 0.1) is 13.0 Å². The number of nitrogens with one attached hydrogen (secondary N) is 2. The van der Waals surface area contributed by atoms with Gasteiger partial charge < -0.3 is 15.4 Å². The molecule has 0 saturated heterocycles. The van der Waals surface area contributed by atoms with Crippen LogP contribution in [0.4, 0.5) is 0 Å². The fraction of sp³-hybridized carbons (Fsp3) is 0.800. The molecule has 0 bridgehead atoms. The normalized spacial score (nSPS) is 12.8. The minimum absolute atomic E-state index is 0.00829. The van der Waals surface area contributed by atoms with Crippen molar-refractivity contribution in [2.45, 2.75) is 19.7 Å². The first-order valence-electron chi connectivity index (χ1n) is 5.64. The van der Waals surface area contributed by atoms with Crippen molar-refractivity contribution in [1.29, 1.82) is 0 Å². The Morgan fingerprint density at radius 3 is 2.67 bits per heavy atom. The van der Waals surface area contributed by atoms with E-state index in [1.165, 1.54) is 7.05 Å². The third-order valence-electron chi connectivity index (χ3n) is 1.81. The Hall–Kier alpha value is -1.10. The summed E-state index contributed by atoms with van der Waals surface area (Å²) in [6, 6.07) is 0. The fourth-order valence-corrected chi connectivity index (χ4v) is 0.971. The summed E-state index contributed by atoms with van der Waals surface area (Å²) in [5.74, 6) is -0.559. The van der Waals surface area contributed by atoms with Crippen LogP contribution in [0.25, 0.3) is 0 Å². The standard InChI is InChI=1S/C10H20N2O3/c1-8(6-11-2)7-15-10(14)5-4-9(13)12-3/h8,11H,4-7H2,1-3H3,(H,12,13)/i1T. The van der Waals surface area contributed by atoms with E-state index in [-0.39, 0.29) is 38.2 Å². The van der Waals surface area contributed by atoms with Crippen LogP contribution < -0.4 is 10.6 Å². The maximum absolute atomic E-state index is 11.2. The topological polar surface area (TPSA) is 67.4 Å². The van der Waals surface area contributed by atoms with E-state index < -0.39 is 5.97 Å². The lowest BCUT2D eigenvalue weighted by Gasteiger charge is -2.10. The number of rotatable bonds is 7. The van der Waals surface area contributed by atoms with Gasteiger partial charge in [-0.25, -0.2) is 0 Å². The molecule has 0 aromatic carbocycles. The molecule has 15 heavy (non-hydrogen) atoms. The Labute approximate surface area is 92.0 Å². The van der Waals surface area contributed by atoms with Crippen LogP contribution in [0.3, 0.4) is 0 Å². The average molecular weight is 218 g/mol. The van der Waals surface area contributed by atoms with Crippen LogP contribution in [0.5, 0.6) is 0 Å². The molecule has 0 fully saturated rings. The van der Waals surface area contributed by atoms with Gasteiger partial charge in [-0.2, -0.15) is 0 Å². The van der Waals surface area contributed by atoms with E-state index >= 15 is 0 Å². The zero-order chi connectivity index (χ0) is 12.4. The molecule has 0 radical (unpaired) electrons. The molecular formula is C10H20N2O3. The zero-order valence-corrected chi connectivity index (χ0v) is 9.34. The zero-order valence-electron chi connectivity index (χ0n) is 10.3. The summed E-state index contributed by atoms with van der Waals surface area (Å²) in [6.07, 6.45) is 0.233. The summed E-state index contributed by atoms with van der Waals surface area (Å²) in [5.41, 5.74) is 0. The molecule has 0 aromatic heterocycles. The lowest BCUT2D eigenvalue weighted by Crippen LogP contribution is -2.23. The highest BCUT2D eigenvalue weighted by molar-refractivity contribution is 5.80. The highest BCUT2D eigenvalue weighted by atomic mass is 16.5. The number of hydrogen-bond acceptors (Lipinski definition) is 4. The summed E-state index contributed by atoms with van der Waals surface area (Å²) in [6.45, 7) is 1.09. The van der Waals surface area contributed by atoms with E-state index in [2.05, 4.69) is 10.6 Å². The highest BCUT2D eigenvalue weighted by Crippen LogP contribution is 1.98. The molecular weight excluding hydrogens is 196 g/mol. The van der Waals surface area contributed by atoms with Crippen molar-refractivity contribution in [2.24, 2.45) is 5.92 Å². The molecule has 1 amide bonds. The minimum atomic E-state index is -0.391. The van der Waals surface area contributed by atoms with Gasteiger partial charge >= 0.3 is 5.97 Å².